The highest BCUT2D eigenvalue weighted by Gasteiger charge is 2.41. The Kier molecular flexibility index (Phi) is 8.11. The molecule has 9 heteroatoms. The van der Waals surface area contributed by atoms with E-state index in [1.807, 2.05) is 40.3 Å². The minimum Gasteiger partial charge on any atom is -0.493 e. The first-order chi connectivity index (χ1) is 16.3. The summed E-state index contributed by atoms with van der Waals surface area (Å²) in [6.07, 6.45) is 2.35. The van der Waals surface area contributed by atoms with Crippen molar-refractivity contribution in [1.29, 1.82) is 0 Å². The maximum atomic E-state index is 13.3. The Bertz CT molecular complexity index is 1010. The quantitative estimate of drug-likeness (QED) is 0.577. The van der Waals surface area contributed by atoms with Gasteiger partial charge in [0.15, 0.2) is 0 Å². The van der Waals surface area contributed by atoms with Gasteiger partial charge in [-0.1, -0.05) is 17.7 Å². The zero-order chi connectivity index (χ0) is 24.1. The molecule has 7 nitrogen and oxygen atoms in total. The number of carbonyl (C=O) groups is 2. The van der Waals surface area contributed by atoms with E-state index in [0.717, 1.165) is 49.7 Å². The number of benzene rings is 1. The number of piperidine rings is 1. The largest absolute Gasteiger partial charge is 0.493 e. The second-order valence-corrected chi connectivity index (χ2v) is 11.1. The van der Waals surface area contributed by atoms with Crippen molar-refractivity contribution in [2.24, 2.45) is 5.41 Å². The van der Waals surface area contributed by atoms with E-state index in [1.54, 1.807) is 17.4 Å². The van der Waals surface area contributed by atoms with Crippen molar-refractivity contribution in [1.82, 2.24) is 19.7 Å². The second kappa shape index (κ2) is 11.1. The first-order valence-electron chi connectivity index (χ1n) is 11.9. The van der Waals surface area contributed by atoms with Crippen LogP contribution in [-0.4, -0.2) is 84.4 Å². The van der Waals surface area contributed by atoms with Gasteiger partial charge < -0.3 is 19.4 Å². The van der Waals surface area contributed by atoms with Crippen LogP contribution >= 0.6 is 22.9 Å². The number of halogens is 1. The monoisotopic (exact) mass is 504 g/mol. The van der Waals surface area contributed by atoms with E-state index in [9.17, 15) is 9.59 Å². The highest BCUT2D eigenvalue weighted by atomic mass is 35.5. The first kappa shape index (κ1) is 24.9. The Morgan fingerprint density at radius 2 is 1.94 bits per heavy atom. The fraction of sp³-hybridized carbons (Fsp3) is 0.560. The molecule has 2 aliphatic rings. The molecule has 1 aromatic heterocycles. The number of piperazine rings is 1. The van der Waals surface area contributed by atoms with Crippen molar-refractivity contribution in [3.05, 3.63) is 45.4 Å². The SMILES string of the molecule is Cc1nc(CC(=O)N2CCCC(COc3cccc(Cl)c3)(CC(=O)N3CCN(C)CC3)C2)cs1. The molecule has 2 aromatic rings. The van der Waals surface area contributed by atoms with Crippen LogP contribution in [0, 0.1) is 12.3 Å². The molecule has 0 spiro atoms. The number of carbonyl (C=O) groups excluding carboxylic acids is 2. The van der Waals surface area contributed by atoms with Crippen molar-refractivity contribution in [2.75, 3.05) is 52.9 Å². The number of thiazole rings is 1. The van der Waals surface area contributed by atoms with Gasteiger partial charge in [0.1, 0.15) is 5.75 Å². The zero-order valence-corrected chi connectivity index (χ0v) is 21.5. The Labute approximate surface area is 210 Å². The molecule has 2 amide bonds. The van der Waals surface area contributed by atoms with Gasteiger partial charge in [-0.05, 0) is 45.0 Å². The van der Waals surface area contributed by atoms with E-state index in [2.05, 4.69) is 16.9 Å². The highest BCUT2D eigenvalue weighted by Crippen LogP contribution is 2.36. The third kappa shape index (κ3) is 6.49. The van der Waals surface area contributed by atoms with E-state index in [4.69, 9.17) is 16.3 Å². The Morgan fingerprint density at radius 3 is 2.65 bits per heavy atom. The Morgan fingerprint density at radius 1 is 1.15 bits per heavy atom. The third-order valence-corrected chi connectivity index (χ3v) is 7.79. The summed E-state index contributed by atoms with van der Waals surface area (Å²) in [7, 11) is 2.08. The van der Waals surface area contributed by atoms with Gasteiger partial charge in [-0.3, -0.25) is 9.59 Å². The van der Waals surface area contributed by atoms with Gasteiger partial charge in [0.2, 0.25) is 11.8 Å². The first-order valence-corrected chi connectivity index (χ1v) is 13.1. The summed E-state index contributed by atoms with van der Waals surface area (Å²) in [4.78, 5) is 37.0. The number of nitrogens with zero attached hydrogens (tertiary/aromatic N) is 4. The van der Waals surface area contributed by atoms with Crippen LogP contribution in [0.5, 0.6) is 5.75 Å². The van der Waals surface area contributed by atoms with Gasteiger partial charge in [0, 0.05) is 61.5 Å². The lowest BCUT2D eigenvalue weighted by Crippen LogP contribution is -2.53. The van der Waals surface area contributed by atoms with Gasteiger partial charge in [-0.15, -0.1) is 11.3 Å². The van der Waals surface area contributed by atoms with Gasteiger partial charge in [0.25, 0.3) is 0 Å². The molecule has 0 N–H and O–H groups in total. The van der Waals surface area contributed by atoms with Crippen molar-refractivity contribution in [3.8, 4) is 5.75 Å². The second-order valence-electron chi connectivity index (χ2n) is 9.56. The summed E-state index contributed by atoms with van der Waals surface area (Å²) in [5, 5.41) is 3.52. The molecular formula is C25H33ClN4O3S. The molecule has 0 radical (unpaired) electrons. The van der Waals surface area contributed by atoms with Crippen LogP contribution in [-0.2, 0) is 16.0 Å². The summed E-state index contributed by atoms with van der Waals surface area (Å²) in [6.45, 7) is 6.77. The number of ether oxygens (including phenoxy) is 1. The lowest BCUT2D eigenvalue weighted by Gasteiger charge is -2.43. The molecule has 0 bridgehead atoms. The third-order valence-electron chi connectivity index (χ3n) is 6.74. The van der Waals surface area contributed by atoms with Gasteiger partial charge >= 0.3 is 0 Å². The maximum absolute atomic E-state index is 13.3. The van der Waals surface area contributed by atoms with Crippen LogP contribution in [0.4, 0.5) is 0 Å². The van der Waals surface area contributed by atoms with E-state index in [-0.39, 0.29) is 11.8 Å². The molecule has 184 valence electrons. The van der Waals surface area contributed by atoms with E-state index in [1.165, 1.54) is 0 Å². The normalized spacial score (nSPS) is 21.5. The number of hydrogen-bond donors (Lipinski definition) is 0. The van der Waals surface area contributed by atoms with Crippen molar-refractivity contribution >= 4 is 34.8 Å². The highest BCUT2D eigenvalue weighted by molar-refractivity contribution is 7.09. The molecule has 2 aliphatic heterocycles. The summed E-state index contributed by atoms with van der Waals surface area (Å²) < 4.78 is 6.17. The van der Waals surface area contributed by atoms with Crippen molar-refractivity contribution in [2.45, 2.75) is 32.6 Å². The summed E-state index contributed by atoms with van der Waals surface area (Å²) in [6, 6.07) is 7.32. The minimum absolute atomic E-state index is 0.0594. The number of aryl methyl sites for hydroxylation is 1. The van der Waals surface area contributed by atoms with Crippen LogP contribution < -0.4 is 4.74 Å². The summed E-state index contributed by atoms with van der Waals surface area (Å²) >= 11 is 7.70. The van der Waals surface area contributed by atoms with Crippen LogP contribution in [0.25, 0.3) is 0 Å². The number of amides is 2. The van der Waals surface area contributed by atoms with E-state index < -0.39 is 5.41 Å². The van der Waals surface area contributed by atoms with Crippen molar-refractivity contribution < 1.29 is 14.3 Å². The molecule has 1 aromatic carbocycles. The maximum Gasteiger partial charge on any atom is 0.228 e. The van der Waals surface area contributed by atoms with Crippen LogP contribution in [0.15, 0.2) is 29.6 Å². The molecule has 0 aliphatic carbocycles. The van der Waals surface area contributed by atoms with Crippen molar-refractivity contribution in [3.63, 3.8) is 0 Å². The predicted molar refractivity (Wildman–Crippen MR) is 134 cm³/mol. The number of likely N-dealkylation sites (N-methyl/N-ethyl adjacent to an activating group) is 1. The zero-order valence-electron chi connectivity index (χ0n) is 20.0. The minimum atomic E-state index is -0.436. The molecule has 1 atom stereocenters. The number of likely N-dealkylation sites (tertiary alicyclic amines) is 1. The lowest BCUT2D eigenvalue weighted by molar-refractivity contribution is -0.142. The van der Waals surface area contributed by atoms with Gasteiger partial charge in [-0.2, -0.15) is 0 Å². The molecule has 2 saturated heterocycles. The standard InChI is InChI=1S/C25H33ClN4O3S/c1-19-27-21(16-34-19)14-23(31)30-8-4-7-25(17-30,18-33-22-6-3-5-20(26)13-22)15-24(32)29-11-9-28(2)10-12-29/h3,5-6,13,16H,4,7-12,14-15,17-18H2,1-2H3. The molecule has 34 heavy (non-hydrogen) atoms. The van der Waals surface area contributed by atoms with Crippen LogP contribution in [0.2, 0.25) is 5.02 Å². The van der Waals surface area contributed by atoms with Crippen LogP contribution in [0.1, 0.15) is 30.0 Å². The fourth-order valence-electron chi connectivity index (χ4n) is 4.77. The van der Waals surface area contributed by atoms with E-state index >= 15 is 0 Å². The number of hydrogen-bond acceptors (Lipinski definition) is 6. The summed E-state index contributed by atoms with van der Waals surface area (Å²) in [5.41, 5.74) is 0.377. The number of aromatic nitrogens is 1. The van der Waals surface area contributed by atoms with Crippen LogP contribution in [0.3, 0.4) is 0 Å². The smallest absolute Gasteiger partial charge is 0.228 e. The topological polar surface area (TPSA) is 66.0 Å². The fourth-order valence-corrected chi connectivity index (χ4v) is 5.56. The Balaban J connectivity index is 1.48. The molecule has 3 heterocycles. The Hall–Kier alpha value is -2.16. The number of rotatable bonds is 7. The van der Waals surface area contributed by atoms with Gasteiger partial charge in [-0.25, -0.2) is 4.98 Å². The molecule has 1 unspecified atom stereocenters. The average molecular weight is 505 g/mol. The average Bonchev–Trinajstić information content (AvgIpc) is 3.23. The molecule has 0 saturated carbocycles. The molecule has 4 rings (SSSR count). The molecule has 2 fully saturated rings. The predicted octanol–water partition coefficient (Wildman–Crippen LogP) is 3.50. The lowest BCUT2D eigenvalue weighted by atomic mass is 9.77. The van der Waals surface area contributed by atoms with E-state index in [0.29, 0.717) is 43.3 Å². The summed E-state index contributed by atoms with van der Waals surface area (Å²) in [5.74, 6) is 0.886. The van der Waals surface area contributed by atoms with Gasteiger partial charge in [0.05, 0.1) is 23.7 Å². The molecular weight excluding hydrogens is 472 g/mol.